The van der Waals surface area contributed by atoms with Crippen LogP contribution < -0.4 is 16.0 Å². The number of hydrogen-bond acceptors (Lipinski definition) is 4. The monoisotopic (exact) mass is 466 g/mol. The van der Waals surface area contributed by atoms with Gasteiger partial charge < -0.3 is 21.1 Å². The summed E-state index contributed by atoms with van der Waals surface area (Å²) >= 11 is 12.0. The van der Waals surface area contributed by atoms with Crippen LogP contribution in [0.25, 0.3) is 0 Å². The molecule has 4 N–H and O–H groups in total. The highest BCUT2D eigenvalue weighted by atomic mass is 35.5. The van der Waals surface area contributed by atoms with Gasteiger partial charge in [-0.3, -0.25) is 9.78 Å². The summed E-state index contributed by atoms with van der Waals surface area (Å²) in [5.41, 5.74) is 1.36. The molecule has 0 bridgehead atoms. The van der Waals surface area contributed by atoms with E-state index in [1.54, 1.807) is 56.6 Å². The Morgan fingerprint density at radius 1 is 1.13 bits per heavy atom. The van der Waals surface area contributed by atoms with Crippen molar-refractivity contribution in [2.45, 2.75) is 38.9 Å². The number of benzene rings is 1. The quantitative estimate of drug-likeness (QED) is 0.452. The maximum absolute atomic E-state index is 12.8. The third-order valence-electron chi connectivity index (χ3n) is 4.47. The van der Waals surface area contributed by atoms with E-state index in [2.05, 4.69) is 20.9 Å². The van der Waals surface area contributed by atoms with E-state index in [1.165, 1.54) is 0 Å². The van der Waals surface area contributed by atoms with E-state index < -0.39 is 30.0 Å². The van der Waals surface area contributed by atoms with E-state index in [4.69, 9.17) is 23.2 Å². The van der Waals surface area contributed by atoms with Crippen LogP contribution in [0.4, 0.5) is 4.79 Å². The molecule has 8 nitrogen and oxygen atoms in total. The second-order valence-corrected chi connectivity index (χ2v) is 8.09. The molecule has 0 saturated heterocycles. The molecule has 166 valence electrons. The van der Waals surface area contributed by atoms with Gasteiger partial charge in [-0.25, -0.2) is 9.59 Å². The molecule has 0 unspecified atom stereocenters. The minimum Gasteiger partial charge on any atom is -0.480 e. The molecule has 1 heterocycles. The first-order chi connectivity index (χ1) is 14.7. The van der Waals surface area contributed by atoms with Gasteiger partial charge in [-0.15, -0.1) is 0 Å². The maximum atomic E-state index is 12.8. The number of carboxylic acids is 1. The number of nitrogens with zero attached hydrogens (tertiary/aromatic N) is 1. The van der Waals surface area contributed by atoms with Gasteiger partial charge in [0, 0.05) is 35.4 Å². The normalized spacial score (nSPS) is 12.7. The van der Waals surface area contributed by atoms with Crippen LogP contribution in [-0.2, 0) is 22.6 Å². The Kier molecular flexibility index (Phi) is 9.08. The molecule has 2 atom stereocenters. The van der Waals surface area contributed by atoms with Crippen LogP contribution in [0.1, 0.15) is 25.0 Å². The summed E-state index contributed by atoms with van der Waals surface area (Å²) < 4.78 is 0. The van der Waals surface area contributed by atoms with Gasteiger partial charge in [0.2, 0.25) is 5.91 Å². The largest absolute Gasteiger partial charge is 0.480 e. The molecule has 0 aliphatic rings. The highest BCUT2D eigenvalue weighted by molar-refractivity contribution is 6.35. The Morgan fingerprint density at radius 2 is 1.87 bits per heavy atom. The highest BCUT2D eigenvalue weighted by Gasteiger charge is 2.28. The van der Waals surface area contributed by atoms with E-state index >= 15 is 0 Å². The first-order valence-corrected chi connectivity index (χ1v) is 10.3. The predicted octanol–water partition coefficient (Wildman–Crippen LogP) is 3.02. The van der Waals surface area contributed by atoms with Crippen molar-refractivity contribution < 1.29 is 19.5 Å². The van der Waals surface area contributed by atoms with Crippen molar-refractivity contribution in [2.75, 3.05) is 0 Å². The van der Waals surface area contributed by atoms with Crippen molar-refractivity contribution in [1.29, 1.82) is 0 Å². The summed E-state index contributed by atoms with van der Waals surface area (Å²) in [6.07, 6.45) is 3.30. The third-order valence-corrected chi connectivity index (χ3v) is 5.06. The van der Waals surface area contributed by atoms with Crippen molar-refractivity contribution in [2.24, 2.45) is 5.92 Å². The van der Waals surface area contributed by atoms with Gasteiger partial charge in [0.15, 0.2) is 0 Å². The van der Waals surface area contributed by atoms with E-state index in [9.17, 15) is 19.5 Å². The zero-order chi connectivity index (χ0) is 23.0. The smallest absolute Gasteiger partial charge is 0.326 e. The number of nitrogens with one attached hydrogen (secondary N) is 3. The van der Waals surface area contributed by atoms with Crippen LogP contribution in [-0.4, -0.2) is 40.1 Å². The zero-order valence-electron chi connectivity index (χ0n) is 17.1. The van der Waals surface area contributed by atoms with E-state index in [1.807, 2.05) is 0 Å². The third kappa shape index (κ3) is 7.73. The molecular formula is C21H24Cl2N4O4. The van der Waals surface area contributed by atoms with Gasteiger partial charge >= 0.3 is 12.0 Å². The van der Waals surface area contributed by atoms with Crippen LogP contribution >= 0.6 is 23.2 Å². The summed E-state index contributed by atoms with van der Waals surface area (Å²) in [6.45, 7) is 3.49. The Bertz CT molecular complexity index is 925. The Morgan fingerprint density at radius 3 is 2.45 bits per heavy atom. The second kappa shape index (κ2) is 11.5. The summed E-state index contributed by atoms with van der Waals surface area (Å²) in [5.74, 6) is -2.09. The van der Waals surface area contributed by atoms with Gasteiger partial charge in [-0.05, 0) is 35.2 Å². The lowest BCUT2D eigenvalue weighted by Gasteiger charge is -2.23. The van der Waals surface area contributed by atoms with Crippen LogP contribution in [0, 0.1) is 5.92 Å². The van der Waals surface area contributed by atoms with Crippen molar-refractivity contribution in [3.63, 3.8) is 0 Å². The number of rotatable bonds is 9. The number of amides is 3. The number of carboxylic acid groups (broad SMARTS) is 1. The molecule has 31 heavy (non-hydrogen) atoms. The lowest BCUT2D eigenvalue weighted by Crippen LogP contribution is -2.55. The molecule has 0 spiro atoms. The predicted molar refractivity (Wildman–Crippen MR) is 118 cm³/mol. The number of carbonyl (C=O) groups excluding carboxylic acids is 2. The molecule has 1 aromatic carbocycles. The van der Waals surface area contributed by atoms with Crippen LogP contribution in [0.3, 0.4) is 0 Å². The SMILES string of the molecule is CC(C)[C@H](NC(=O)[C@H](Cc1cccnc1)NC(=O)NCc1ccc(Cl)cc1Cl)C(=O)O. The minimum atomic E-state index is -1.15. The van der Waals surface area contributed by atoms with Crippen molar-refractivity contribution in [1.82, 2.24) is 20.9 Å². The van der Waals surface area contributed by atoms with Gasteiger partial charge in [-0.2, -0.15) is 0 Å². The average Bonchev–Trinajstić information content (AvgIpc) is 2.71. The number of carbonyl (C=O) groups is 3. The van der Waals surface area contributed by atoms with Crippen LogP contribution in [0.15, 0.2) is 42.7 Å². The number of urea groups is 1. The Balaban J connectivity index is 2.09. The first kappa shape index (κ1) is 24.4. The molecule has 2 aromatic rings. The van der Waals surface area contributed by atoms with Gasteiger partial charge in [-0.1, -0.05) is 49.2 Å². The summed E-state index contributed by atoms with van der Waals surface area (Å²) in [4.78, 5) is 40.7. The first-order valence-electron chi connectivity index (χ1n) is 9.57. The highest BCUT2D eigenvalue weighted by Crippen LogP contribution is 2.20. The fourth-order valence-electron chi connectivity index (χ4n) is 2.78. The van der Waals surface area contributed by atoms with Crippen molar-refractivity contribution in [3.8, 4) is 0 Å². The van der Waals surface area contributed by atoms with Gasteiger partial charge in [0.05, 0.1) is 0 Å². The zero-order valence-corrected chi connectivity index (χ0v) is 18.6. The van der Waals surface area contributed by atoms with Crippen molar-refractivity contribution >= 4 is 41.1 Å². The second-order valence-electron chi connectivity index (χ2n) is 7.25. The number of aliphatic carboxylic acids is 1. The molecular weight excluding hydrogens is 443 g/mol. The van der Waals surface area contributed by atoms with Crippen LogP contribution in [0.5, 0.6) is 0 Å². The molecule has 2 rings (SSSR count). The van der Waals surface area contributed by atoms with E-state index in [-0.39, 0.29) is 18.9 Å². The lowest BCUT2D eigenvalue weighted by molar-refractivity contribution is -0.143. The summed E-state index contributed by atoms with van der Waals surface area (Å²) in [6, 6.07) is 5.68. The Hall–Kier alpha value is -2.84. The number of pyridine rings is 1. The minimum absolute atomic E-state index is 0.118. The lowest BCUT2D eigenvalue weighted by atomic mass is 10.0. The fraction of sp³-hybridized carbons (Fsp3) is 0.333. The number of hydrogen-bond donors (Lipinski definition) is 4. The number of aromatic nitrogens is 1. The van der Waals surface area contributed by atoms with E-state index in [0.717, 1.165) is 0 Å². The van der Waals surface area contributed by atoms with Gasteiger partial charge in [0.1, 0.15) is 12.1 Å². The topological polar surface area (TPSA) is 120 Å². The summed E-state index contributed by atoms with van der Waals surface area (Å²) in [7, 11) is 0. The average molecular weight is 467 g/mol. The van der Waals surface area contributed by atoms with Gasteiger partial charge in [0.25, 0.3) is 0 Å². The standard InChI is InChI=1S/C21H24Cl2N4O4/c1-12(2)18(20(29)30)27-19(28)17(8-13-4-3-7-24-10-13)26-21(31)25-11-14-5-6-15(22)9-16(14)23/h3-7,9-10,12,17-18H,8,11H2,1-2H3,(H,27,28)(H,29,30)(H2,25,26,31)/t17-,18-/m0/s1. The molecule has 0 saturated carbocycles. The van der Waals surface area contributed by atoms with E-state index in [0.29, 0.717) is 21.2 Å². The molecule has 1 aromatic heterocycles. The molecule has 10 heteroatoms. The maximum Gasteiger partial charge on any atom is 0.326 e. The molecule has 0 aliphatic carbocycles. The molecule has 0 aliphatic heterocycles. The molecule has 3 amide bonds. The Labute approximate surface area is 190 Å². The number of halogens is 2. The molecule has 0 radical (unpaired) electrons. The van der Waals surface area contributed by atoms with Crippen LogP contribution in [0.2, 0.25) is 10.0 Å². The molecule has 0 fully saturated rings. The fourth-order valence-corrected chi connectivity index (χ4v) is 3.26. The van der Waals surface area contributed by atoms with Crippen molar-refractivity contribution in [3.05, 3.63) is 63.9 Å². The summed E-state index contributed by atoms with van der Waals surface area (Å²) in [5, 5.41) is 18.0.